The Morgan fingerprint density at radius 1 is 0.767 bits per heavy atom. The van der Waals surface area contributed by atoms with Gasteiger partial charge in [0.15, 0.2) is 0 Å². The van der Waals surface area contributed by atoms with E-state index < -0.39 is 31.4 Å². The van der Waals surface area contributed by atoms with Crippen molar-refractivity contribution in [1.29, 1.82) is 0 Å². The highest BCUT2D eigenvalue weighted by Gasteiger charge is 2.36. The number of benzene rings is 2. The summed E-state index contributed by atoms with van der Waals surface area (Å²) in [6.45, 7) is 6.29. The highest BCUT2D eigenvalue weighted by atomic mass is 31.1. The molecule has 0 saturated heterocycles. The number of nitrogens with zero attached hydrogens (tertiary/aromatic N) is 1. The lowest BCUT2D eigenvalue weighted by Gasteiger charge is -2.22. The Kier molecular flexibility index (Phi) is 5.93. The van der Waals surface area contributed by atoms with Crippen molar-refractivity contribution in [2.45, 2.75) is 39.2 Å². The topological polar surface area (TPSA) is 21.6 Å². The van der Waals surface area contributed by atoms with Crippen LogP contribution in [-0.4, -0.2) is 18.3 Å². The van der Waals surface area contributed by atoms with Gasteiger partial charge in [-0.15, -0.1) is 0 Å². The van der Waals surface area contributed by atoms with E-state index >= 15 is 0 Å². The lowest BCUT2D eigenvalue weighted by Crippen LogP contribution is -2.25. The fourth-order valence-electron chi connectivity index (χ4n) is 2.90. The molecule has 9 heteroatoms. The van der Waals surface area contributed by atoms with E-state index in [-0.39, 0.29) is 11.5 Å². The molecule has 0 N–H and O–H groups in total. The van der Waals surface area contributed by atoms with Crippen molar-refractivity contribution in [3.8, 4) is 0 Å². The van der Waals surface area contributed by atoms with Crippen LogP contribution in [0.25, 0.3) is 0 Å². The van der Waals surface area contributed by atoms with Gasteiger partial charge >= 0.3 is 12.4 Å². The van der Waals surface area contributed by atoms with Crippen LogP contribution < -0.4 is 10.6 Å². The normalized spacial score (nSPS) is 17.8. The molecule has 0 unspecified atom stereocenters. The van der Waals surface area contributed by atoms with Gasteiger partial charge in [0, 0.05) is 7.92 Å². The Bertz CT molecular complexity index is 853. The molecule has 0 aromatic heterocycles. The molecule has 1 atom stereocenters. The van der Waals surface area contributed by atoms with E-state index in [0.29, 0.717) is 22.9 Å². The molecule has 0 bridgehead atoms. The van der Waals surface area contributed by atoms with Gasteiger partial charge in [0.25, 0.3) is 0 Å². The predicted molar refractivity (Wildman–Crippen MR) is 106 cm³/mol. The lowest BCUT2D eigenvalue weighted by molar-refractivity contribution is -0.138. The molecule has 2 nitrogen and oxygen atoms in total. The molecule has 2 aromatic carbocycles. The third kappa shape index (κ3) is 4.97. The maximum Gasteiger partial charge on any atom is 0.416 e. The van der Waals surface area contributed by atoms with Crippen molar-refractivity contribution in [3.05, 3.63) is 59.7 Å². The monoisotopic (exact) mass is 447 g/mol. The summed E-state index contributed by atoms with van der Waals surface area (Å²) in [7, 11) is -1.53. The first kappa shape index (κ1) is 22.6. The van der Waals surface area contributed by atoms with Crippen LogP contribution in [0.5, 0.6) is 0 Å². The van der Waals surface area contributed by atoms with Gasteiger partial charge in [0.05, 0.1) is 17.2 Å². The molecule has 0 fully saturated rings. The first-order chi connectivity index (χ1) is 13.8. The zero-order valence-electron chi connectivity index (χ0n) is 16.5. The Balaban J connectivity index is 2.04. The van der Waals surface area contributed by atoms with E-state index in [9.17, 15) is 26.3 Å². The molecule has 162 valence electrons. The van der Waals surface area contributed by atoms with Gasteiger partial charge in [0.1, 0.15) is 6.61 Å². The molecular weight excluding hydrogens is 427 g/mol. The summed E-state index contributed by atoms with van der Waals surface area (Å²) >= 11 is 0. The Morgan fingerprint density at radius 2 is 1.17 bits per heavy atom. The number of hydrogen-bond donors (Lipinski definition) is 0. The van der Waals surface area contributed by atoms with Crippen LogP contribution in [0.2, 0.25) is 0 Å². The largest absolute Gasteiger partial charge is 0.475 e. The van der Waals surface area contributed by atoms with Gasteiger partial charge in [-0.3, -0.25) is 0 Å². The predicted octanol–water partition coefficient (Wildman–Crippen LogP) is 5.96. The molecule has 0 amide bonds. The van der Waals surface area contributed by atoms with Crippen molar-refractivity contribution in [2.24, 2.45) is 10.4 Å². The first-order valence-corrected chi connectivity index (χ1v) is 10.5. The molecule has 1 heterocycles. The molecular formula is C21H20F6NOP. The molecule has 2 aromatic rings. The number of ether oxygens (including phenoxy) is 1. The van der Waals surface area contributed by atoms with E-state index in [1.165, 1.54) is 24.3 Å². The van der Waals surface area contributed by atoms with Gasteiger partial charge in [0.2, 0.25) is 5.64 Å². The van der Waals surface area contributed by atoms with Crippen molar-refractivity contribution in [2.75, 3.05) is 6.61 Å². The molecule has 0 saturated carbocycles. The summed E-state index contributed by atoms with van der Waals surface area (Å²) in [5.74, 6) is 0. The maximum atomic E-state index is 12.9. The summed E-state index contributed by atoms with van der Waals surface area (Å²) in [6, 6.07) is 9.05. The minimum atomic E-state index is -4.48. The maximum absolute atomic E-state index is 12.9. The van der Waals surface area contributed by atoms with Crippen molar-refractivity contribution in [1.82, 2.24) is 0 Å². The van der Waals surface area contributed by atoms with Crippen molar-refractivity contribution >= 4 is 24.2 Å². The number of hydrogen-bond acceptors (Lipinski definition) is 2. The van der Waals surface area contributed by atoms with Gasteiger partial charge < -0.3 is 4.74 Å². The summed E-state index contributed by atoms with van der Waals surface area (Å²) in [4.78, 5) is 4.63. The lowest BCUT2D eigenvalue weighted by atomic mass is 9.88. The fraction of sp³-hybridized carbons (Fsp3) is 0.381. The molecule has 0 radical (unpaired) electrons. The van der Waals surface area contributed by atoms with Gasteiger partial charge in [-0.05, 0) is 40.3 Å². The zero-order chi connectivity index (χ0) is 22.3. The average molecular weight is 447 g/mol. The Hall–Kier alpha value is -2.08. The molecule has 1 aliphatic rings. The second-order valence-electron chi connectivity index (χ2n) is 8.03. The van der Waals surface area contributed by atoms with Gasteiger partial charge in [-0.25, -0.2) is 4.99 Å². The summed E-state index contributed by atoms with van der Waals surface area (Å²) < 4.78 is 83.4. The van der Waals surface area contributed by atoms with E-state index in [0.717, 1.165) is 24.3 Å². The van der Waals surface area contributed by atoms with Crippen LogP contribution in [0.15, 0.2) is 53.5 Å². The SMILES string of the molecule is CC(C)(C)[C@H]1COC(P(c2ccc(C(F)(F)F)cc2)c2ccc(C(F)(F)F)cc2)=N1. The number of alkyl halides is 6. The molecule has 30 heavy (non-hydrogen) atoms. The van der Waals surface area contributed by atoms with Crippen molar-refractivity contribution in [3.63, 3.8) is 0 Å². The fourth-order valence-corrected chi connectivity index (χ4v) is 4.99. The minimum absolute atomic E-state index is 0.151. The van der Waals surface area contributed by atoms with E-state index in [4.69, 9.17) is 4.74 Å². The van der Waals surface area contributed by atoms with Crippen LogP contribution in [0, 0.1) is 5.41 Å². The van der Waals surface area contributed by atoms with E-state index in [1.54, 1.807) is 0 Å². The Morgan fingerprint density at radius 3 is 1.47 bits per heavy atom. The summed E-state index contributed by atoms with van der Waals surface area (Å²) in [5.41, 5.74) is -1.43. The third-order valence-electron chi connectivity index (χ3n) is 4.73. The molecule has 0 aliphatic carbocycles. The highest BCUT2D eigenvalue weighted by molar-refractivity contribution is 7.87. The zero-order valence-corrected chi connectivity index (χ0v) is 17.4. The third-order valence-corrected chi connectivity index (χ3v) is 6.99. The first-order valence-electron chi connectivity index (χ1n) is 9.12. The average Bonchev–Trinajstić information content (AvgIpc) is 3.11. The summed E-state index contributed by atoms with van der Waals surface area (Å²) in [5, 5.41) is 1.04. The number of rotatable bonds is 3. The van der Waals surface area contributed by atoms with Crippen LogP contribution in [0.3, 0.4) is 0 Å². The molecule has 0 spiro atoms. The van der Waals surface area contributed by atoms with Crippen LogP contribution >= 0.6 is 7.92 Å². The van der Waals surface area contributed by atoms with Crippen molar-refractivity contribution < 1.29 is 31.1 Å². The quantitative estimate of drug-likeness (QED) is 0.421. The number of aliphatic imine (C=N–C) groups is 1. The Labute approximate surface area is 171 Å². The van der Waals surface area contributed by atoms with Gasteiger partial charge in [-0.2, -0.15) is 26.3 Å². The second-order valence-corrected chi connectivity index (χ2v) is 10.1. The van der Waals surface area contributed by atoms with Crippen LogP contribution in [-0.2, 0) is 17.1 Å². The standard InChI is InChI=1S/C21H20F6NOP/c1-19(2,3)17-12-29-18(28-17)30(15-8-4-13(5-9-15)20(22,23)24)16-10-6-14(7-11-16)21(25,26)27/h4-11,17H,12H2,1-3H3/t17-/m1/s1. The van der Waals surface area contributed by atoms with Crippen LogP contribution in [0.4, 0.5) is 26.3 Å². The highest BCUT2D eigenvalue weighted by Crippen LogP contribution is 2.42. The smallest absolute Gasteiger partial charge is 0.416 e. The van der Waals surface area contributed by atoms with E-state index in [1.807, 2.05) is 20.8 Å². The van der Waals surface area contributed by atoms with E-state index in [2.05, 4.69) is 4.99 Å². The van der Waals surface area contributed by atoms with Gasteiger partial charge in [-0.1, -0.05) is 45.0 Å². The number of halogens is 6. The second kappa shape index (κ2) is 7.88. The molecule has 1 aliphatic heterocycles. The minimum Gasteiger partial charge on any atom is -0.475 e. The van der Waals surface area contributed by atoms with Crippen LogP contribution in [0.1, 0.15) is 31.9 Å². The molecule has 3 rings (SSSR count). The summed E-state index contributed by atoms with van der Waals surface area (Å²) in [6.07, 6.45) is -8.96.